The first-order valence-corrected chi connectivity index (χ1v) is 14.1. The van der Waals surface area contributed by atoms with Crippen LogP contribution in [0.3, 0.4) is 0 Å². The minimum atomic E-state index is -3.89. The molecular weight excluding hydrogens is 573 g/mol. The van der Waals surface area contributed by atoms with Gasteiger partial charge in [-0.05, 0) is 83.1 Å². The van der Waals surface area contributed by atoms with Gasteiger partial charge in [-0.15, -0.1) is 5.10 Å². The molecule has 1 unspecified atom stereocenters. The van der Waals surface area contributed by atoms with E-state index in [9.17, 15) is 13.2 Å². The van der Waals surface area contributed by atoms with Crippen molar-refractivity contribution in [2.75, 3.05) is 0 Å². The van der Waals surface area contributed by atoms with E-state index in [2.05, 4.69) is 45.0 Å². The fourth-order valence-corrected chi connectivity index (χ4v) is 5.37. The Labute approximate surface area is 212 Å². The van der Waals surface area contributed by atoms with Crippen molar-refractivity contribution in [1.29, 1.82) is 0 Å². The summed E-state index contributed by atoms with van der Waals surface area (Å²) in [6.45, 7) is 2.18. The van der Waals surface area contributed by atoms with Crippen LogP contribution in [-0.2, 0) is 14.9 Å². The van der Waals surface area contributed by atoms with Gasteiger partial charge in [-0.25, -0.2) is 0 Å². The third-order valence-corrected chi connectivity index (χ3v) is 8.01. The maximum Gasteiger partial charge on any atom is 0.339 e. The van der Waals surface area contributed by atoms with Crippen molar-refractivity contribution >= 4 is 61.8 Å². The van der Waals surface area contributed by atoms with Gasteiger partial charge >= 0.3 is 10.1 Å². The molecule has 33 heavy (non-hydrogen) atoms. The highest BCUT2D eigenvalue weighted by atomic mass is 127. The van der Waals surface area contributed by atoms with Crippen molar-refractivity contribution in [3.63, 3.8) is 0 Å². The van der Waals surface area contributed by atoms with Gasteiger partial charge in [0.15, 0.2) is 5.17 Å². The molecule has 2 aromatic carbocycles. The van der Waals surface area contributed by atoms with Gasteiger partial charge in [0.05, 0.1) is 11.5 Å². The number of nitrogens with one attached hydrogen (secondary N) is 1. The number of hydrogen-bond acceptors (Lipinski definition) is 7. The molecule has 0 radical (unpaired) electrons. The average Bonchev–Trinajstić information content (AvgIpc) is 3.14. The number of benzene rings is 2. The highest BCUT2D eigenvalue weighted by Crippen LogP contribution is 2.25. The van der Waals surface area contributed by atoms with Crippen LogP contribution in [0.1, 0.15) is 51.0 Å². The Hall–Kier alpha value is -1.92. The van der Waals surface area contributed by atoms with E-state index >= 15 is 0 Å². The number of amidine groups is 1. The topological polar surface area (TPSA) is 97.2 Å². The summed E-state index contributed by atoms with van der Waals surface area (Å²) >= 11 is 3.52. The van der Waals surface area contributed by atoms with E-state index in [1.54, 1.807) is 36.4 Å². The zero-order valence-corrected chi connectivity index (χ0v) is 22.0. The number of carbonyl (C=O) groups excluding carboxylic acids is 1. The van der Waals surface area contributed by atoms with Crippen molar-refractivity contribution in [1.82, 2.24) is 5.32 Å². The van der Waals surface area contributed by atoms with Crippen LogP contribution in [0.4, 0.5) is 0 Å². The van der Waals surface area contributed by atoms with Gasteiger partial charge in [0.1, 0.15) is 10.6 Å². The van der Waals surface area contributed by atoms with Gasteiger partial charge in [-0.2, -0.15) is 13.5 Å². The molecule has 1 fully saturated rings. The third kappa shape index (κ3) is 8.11. The second-order valence-corrected chi connectivity index (χ2v) is 11.5. The molecule has 1 aliphatic rings. The molecule has 7 nitrogen and oxygen atoms in total. The standard InChI is InChI=1S/C23H26IN3O4S2/c1-2-3-4-5-6-7-21-22(28)26-23(32-21)27-25-16-17-8-12-19(13-9-17)31-33(29,30)20-14-10-18(24)11-15-20/h8-16,21H,2-7H2,1H3,(H,26,27,28). The smallest absolute Gasteiger partial charge is 0.339 e. The normalized spacial score (nSPS) is 17.6. The number of carbonyl (C=O) groups is 1. The second kappa shape index (κ2) is 12.5. The van der Waals surface area contributed by atoms with E-state index in [4.69, 9.17) is 4.18 Å². The largest absolute Gasteiger partial charge is 0.379 e. The van der Waals surface area contributed by atoms with E-state index < -0.39 is 10.1 Å². The average molecular weight is 600 g/mol. The minimum absolute atomic E-state index is 0.0136. The molecule has 0 aromatic heterocycles. The number of halogens is 1. The Balaban J connectivity index is 1.51. The number of unbranched alkanes of at least 4 members (excludes halogenated alkanes) is 4. The van der Waals surface area contributed by atoms with Crippen molar-refractivity contribution in [2.45, 2.75) is 55.6 Å². The van der Waals surface area contributed by atoms with Gasteiger partial charge in [0.25, 0.3) is 0 Å². The molecule has 1 atom stereocenters. The Kier molecular flexibility index (Phi) is 9.75. The molecule has 1 saturated heterocycles. The molecule has 1 amide bonds. The monoisotopic (exact) mass is 599 g/mol. The zero-order chi connectivity index (χ0) is 23.7. The molecular formula is C23H26IN3O4S2. The van der Waals surface area contributed by atoms with Crippen LogP contribution in [0, 0.1) is 3.57 Å². The van der Waals surface area contributed by atoms with Crippen molar-refractivity contribution in [3.05, 3.63) is 57.7 Å². The molecule has 0 aliphatic carbocycles. The van der Waals surface area contributed by atoms with Gasteiger partial charge in [-0.1, -0.05) is 50.8 Å². The SMILES string of the molecule is CCCCCCCC1SC(=NN=Cc2ccc(OS(=O)(=O)c3ccc(I)cc3)cc2)NC1=O. The first-order chi connectivity index (χ1) is 15.9. The highest BCUT2D eigenvalue weighted by Gasteiger charge is 2.29. The quantitative estimate of drug-likeness (QED) is 0.124. The first-order valence-electron chi connectivity index (χ1n) is 10.8. The maximum atomic E-state index is 12.4. The van der Waals surface area contributed by atoms with E-state index in [-0.39, 0.29) is 21.8 Å². The number of rotatable bonds is 11. The Bertz CT molecular complexity index is 1100. The lowest BCUT2D eigenvalue weighted by Crippen LogP contribution is -2.24. The third-order valence-electron chi connectivity index (χ3n) is 4.89. The van der Waals surface area contributed by atoms with Crippen LogP contribution >= 0.6 is 34.4 Å². The summed E-state index contributed by atoms with van der Waals surface area (Å²) in [4.78, 5) is 12.2. The Morgan fingerprint density at radius 2 is 1.76 bits per heavy atom. The lowest BCUT2D eigenvalue weighted by molar-refractivity contribution is -0.118. The fourth-order valence-electron chi connectivity index (χ4n) is 3.11. The Morgan fingerprint density at radius 3 is 2.45 bits per heavy atom. The maximum absolute atomic E-state index is 12.4. The van der Waals surface area contributed by atoms with E-state index in [0.717, 1.165) is 28.4 Å². The van der Waals surface area contributed by atoms with E-state index in [1.807, 2.05) is 0 Å². The van der Waals surface area contributed by atoms with Crippen molar-refractivity contribution < 1.29 is 17.4 Å². The summed E-state index contributed by atoms with van der Waals surface area (Å²) < 4.78 is 30.9. The number of amides is 1. The summed E-state index contributed by atoms with van der Waals surface area (Å²) in [5.74, 6) is 0.192. The molecule has 1 N–H and O–H groups in total. The van der Waals surface area contributed by atoms with Crippen molar-refractivity contribution in [3.8, 4) is 5.75 Å². The lowest BCUT2D eigenvalue weighted by atomic mass is 10.1. The molecule has 176 valence electrons. The van der Waals surface area contributed by atoms with Gasteiger partial charge < -0.3 is 9.50 Å². The molecule has 10 heteroatoms. The van der Waals surface area contributed by atoms with E-state index in [0.29, 0.717) is 5.17 Å². The van der Waals surface area contributed by atoms with Gasteiger partial charge in [0, 0.05) is 3.57 Å². The number of nitrogens with zero attached hydrogens (tertiary/aromatic N) is 2. The lowest BCUT2D eigenvalue weighted by Gasteiger charge is -2.07. The predicted octanol–water partition coefficient (Wildman–Crippen LogP) is 5.34. The fraction of sp³-hybridized carbons (Fsp3) is 0.348. The second-order valence-electron chi connectivity index (χ2n) is 7.51. The Morgan fingerprint density at radius 1 is 1.06 bits per heavy atom. The molecule has 0 spiro atoms. The zero-order valence-electron chi connectivity index (χ0n) is 18.2. The van der Waals surface area contributed by atoms with Crippen LogP contribution in [0.25, 0.3) is 0 Å². The molecule has 3 rings (SSSR count). The van der Waals surface area contributed by atoms with Crippen LogP contribution in [0.15, 0.2) is 63.6 Å². The van der Waals surface area contributed by atoms with E-state index in [1.165, 1.54) is 49.4 Å². The molecule has 1 heterocycles. The molecule has 1 aliphatic heterocycles. The summed E-state index contributed by atoms with van der Waals surface area (Å²) in [5, 5.41) is 11.3. The minimum Gasteiger partial charge on any atom is -0.379 e. The number of thioether (sulfide) groups is 1. The summed E-state index contributed by atoms with van der Waals surface area (Å²) in [6.07, 6.45) is 8.22. The summed E-state index contributed by atoms with van der Waals surface area (Å²) in [5.41, 5.74) is 0.722. The van der Waals surface area contributed by atoms with Gasteiger partial charge in [-0.3, -0.25) is 4.79 Å². The first kappa shape index (κ1) is 25.7. The predicted molar refractivity (Wildman–Crippen MR) is 141 cm³/mol. The molecule has 2 aromatic rings. The van der Waals surface area contributed by atoms with Crippen LogP contribution in [-0.4, -0.2) is 31.0 Å². The summed E-state index contributed by atoms with van der Waals surface area (Å²) in [6, 6.07) is 12.9. The summed E-state index contributed by atoms with van der Waals surface area (Å²) in [7, 11) is -3.89. The van der Waals surface area contributed by atoms with Crippen LogP contribution in [0.2, 0.25) is 0 Å². The number of hydrogen-bond donors (Lipinski definition) is 1. The van der Waals surface area contributed by atoms with Crippen LogP contribution < -0.4 is 9.50 Å². The molecule has 0 saturated carbocycles. The van der Waals surface area contributed by atoms with Crippen LogP contribution in [0.5, 0.6) is 5.75 Å². The van der Waals surface area contributed by atoms with Crippen molar-refractivity contribution in [2.24, 2.45) is 10.2 Å². The highest BCUT2D eigenvalue weighted by molar-refractivity contribution is 14.1. The molecule has 0 bridgehead atoms. The van der Waals surface area contributed by atoms with Gasteiger partial charge in [0.2, 0.25) is 5.91 Å².